The summed E-state index contributed by atoms with van der Waals surface area (Å²) in [6.07, 6.45) is 3.27. The summed E-state index contributed by atoms with van der Waals surface area (Å²) in [5, 5.41) is 0. The normalized spacial score (nSPS) is 10.1. The molecule has 0 aliphatic rings. The van der Waals surface area contributed by atoms with E-state index in [1.807, 2.05) is 36.4 Å². The van der Waals surface area contributed by atoms with Gasteiger partial charge in [-0.25, -0.2) is 9.59 Å². The highest BCUT2D eigenvalue weighted by Gasteiger charge is 2.29. The van der Waals surface area contributed by atoms with Gasteiger partial charge in [0.25, 0.3) is 0 Å². The number of hydrogen-bond donors (Lipinski definition) is 1. The Labute approximate surface area is 150 Å². The van der Waals surface area contributed by atoms with Crippen LogP contribution in [0.25, 0.3) is 28.3 Å². The molecule has 0 spiro atoms. The summed E-state index contributed by atoms with van der Waals surface area (Å²) in [5.41, 5.74) is 3.01. The first kappa shape index (κ1) is 17.2. The molecule has 3 rings (SSSR count). The van der Waals surface area contributed by atoms with Crippen LogP contribution in [0.5, 0.6) is 0 Å². The molecule has 0 aliphatic heterocycles. The number of H-pyrrole nitrogens is 1. The van der Waals surface area contributed by atoms with Gasteiger partial charge in [0.15, 0.2) is 5.94 Å². The van der Waals surface area contributed by atoms with Crippen molar-refractivity contribution >= 4 is 17.7 Å². The van der Waals surface area contributed by atoms with Crippen molar-refractivity contribution in [2.45, 2.75) is 0 Å². The number of nitrogens with zero attached hydrogens (tertiary/aromatic N) is 1. The van der Waals surface area contributed by atoms with Crippen molar-refractivity contribution in [3.05, 3.63) is 66.0 Å². The Morgan fingerprint density at radius 2 is 1.65 bits per heavy atom. The first-order valence-corrected chi connectivity index (χ1v) is 7.80. The van der Waals surface area contributed by atoms with Crippen molar-refractivity contribution < 1.29 is 19.1 Å². The second kappa shape index (κ2) is 7.51. The van der Waals surface area contributed by atoms with Crippen LogP contribution in [0.1, 0.15) is 15.9 Å². The van der Waals surface area contributed by atoms with E-state index in [1.165, 1.54) is 14.2 Å². The number of benzene rings is 1. The fraction of sp³-hybridized carbons (Fsp3) is 0.100. The molecule has 0 saturated carbocycles. The summed E-state index contributed by atoms with van der Waals surface area (Å²) in [7, 11) is 2.64. The number of esters is 1. The molecule has 0 amide bonds. The minimum absolute atomic E-state index is 0.0947. The fourth-order valence-electron chi connectivity index (χ4n) is 2.78. The Kier molecular flexibility index (Phi) is 4.97. The van der Waals surface area contributed by atoms with E-state index < -0.39 is 5.97 Å². The molecule has 0 aliphatic carbocycles. The number of aromatic amines is 1. The van der Waals surface area contributed by atoms with Crippen molar-refractivity contribution in [2.75, 3.05) is 14.2 Å². The monoisotopic (exact) mass is 348 g/mol. The third-order valence-corrected chi connectivity index (χ3v) is 3.93. The third kappa shape index (κ3) is 3.01. The van der Waals surface area contributed by atoms with Gasteiger partial charge in [-0.1, -0.05) is 30.3 Å². The zero-order valence-electron chi connectivity index (χ0n) is 14.3. The Bertz CT molecular complexity index is 972. The number of aromatic nitrogens is 2. The minimum Gasteiger partial charge on any atom is -0.486 e. The molecule has 6 heteroatoms. The van der Waals surface area contributed by atoms with Gasteiger partial charge in [-0.2, -0.15) is 0 Å². The van der Waals surface area contributed by atoms with Gasteiger partial charge >= 0.3 is 5.97 Å². The predicted molar refractivity (Wildman–Crippen MR) is 96.9 cm³/mol. The highest BCUT2D eigenvalue weighted by Crippen LogP contribution is 2.37. The highest BCUT2D eigenvalue weighted by atomic mass is 16.5. The predicted octanol–water partition coefficient (Wildman–Crippen LogP) is 3.35. The average molecular weight is 348 g/mol. The molecule has 2 aromatic heterocycles. The standard InChI is InChI=1S/C20H16N2O4/c1-25-15(12-23)16-17(20(24)26-2)18(13-7-4-3-5-8-13)22-19(16)14-9-6-10-21-11-14/h3-11,22H,1-2H3. The van der Waals surface area contributed by atoms with Crippen LogP contribution in [0.3, 0.4) is 0 Å². The van der Waals surface area contributed by atoms with Crippen LogP contribution in [0.4, 0.5) is 0 Å². The summed E-state index contributed by atoms with van der Waals surface area (Å²) >= 11 is 0. The smallest absolute Gasteiger partial charge is 0.340 e. The summed E-state index contributed by atoms with van der Waals surface area (Å²) in [5.74, 6) is 1.08. The number of rotatable bonds is 5. The molecule has 26 heavy (non-hydrogen) atoms. The summed E-state index contributed by atoms with van der Waals surface area (Å²) < 4.78 is 10.1. The molecule has 0 fully saturated rings. The Hall–Kier alpha value is -3.63. The molecule has 130 valence electrons. The van der Waals surface area contributed by atoms with Gasteiger partial charge < -0.3 is 14.5 Å². The van der Waals surface area contributed by atoms with E-state index in [4.69, 9.17) is 9.47 Å². The van der Waals surface area contributed by atoms with E-state index in [9.17, 15) is 9.59 Å². The SMILES string of the molecule is COC(=O)c1c(-c2ccccc2)[nH]c(-c2cccnc2)c1C(=C=O)OC. The Morgan fingerprint density at radius 3 is 2.23 bits per heavy atom. The molecular formula is C20H16N2O4. The maximum absolute atomic E-state index is 12.6. The quantitative estimate of drug-likeness (QED) is 0.434. The Morgan fingerprint density at radius 1 is 0.962 bits per heavy atom. The molecule has 0 unspecified atom stereocenters. The number of carbonyl (C=O) groups is 1. The molecule has 0 bridgehead atoms. The van der Waals surface area contributed by atoms with Crippen LogP contribution in [-0.2, 0) is 14.3 Å². The van der Waals surface area contributed by atoms with E-state index in [1.54, 1.807) is 24.4 Å². The summed E-state index contributed by atoms with van der Waals surface area (Å²) in [4.78, 5) is 31.3. The van der Waals surface area contributed by atoms with Crippen LogP contribution in [0, 0.1) is 0 Å². The largest absolute Gasteiger partial charge is 0.486 e. The maximum atomic E-state index is 12.6. The molecule has 0 saturated heterocycles. The first-order chi connectivity index (χ1) is 12.7. The topological polar surface area (TPSA) is 81.3 Å². The first-order valence-electron chi connectivity index (χ1n) is 7.80. The van der Waals surface area contributed by atoms with Gasteiger partial charge in [0.05, 0.1) is 36.7 Å². The number of ether oxygens (including phenoxy) is 2. The lowest BCUT2D eigenvalue weighted by atomic mass is 10.0. The number of hydrogen-bond acceptors (Lipinski definition) is 5. The van der Waals surface area contributed by atoms with Crippen LogP contribution >= 0.6 is 0 Å². The van der Waals surface area contributed by atoms with E-state index in [0.29, 0.717) is 22.5 Å². The maximum Gasteiger partial charge on any atom is 0.340 e. The molecule has 3 aromatic rings. The van der Waals surface area contributed by atoms with Gasteiger partial charge in [-0.05, 0) is 17.7 Å². The van der Waals surface area contributed by atoms with Crippen LogP contribution in [0.2, 0.25) is 0 Å². The van der Waals surface area contributed by atoms with E-state index in [2.05, 4.69) is 9.97 Å². The van der Waals surface area contributed by atoms with Crippen molar-refractivity contribution in [3.63, 3.8) is 0 Å². The van der Waals surface area contributed by atoms with E-state index >= 15 is 0 Å². The summed E-state index contributed by atoms with van der Waals surface area (Å²) in [6, 6.07) is 12.9. The van der Waals surface area contributed by atoms with Crippen molar-refractivity contribution in [1.29, 1.82) is 0 Å². The lowest BCUT2D eigenvalue weighted by Crippen LogP contribution is -2.06. The lowest BCUT2D eigenvalue weighted by Gasteiger charge is -2.07. The van der Waals surface area contributed by atoms with E-state index in [0.717, 1.165) is 5.56 Å². The van der Waals surface area contributed by atoms with Crippen molar-refractivity contribution in [2.24, 2.45) is 0 Å². The van der Waals surface area contributed by atoms with Gasteiger partial charge in [-0.3, -0.25) is 4.98 Å². The van der Waals surface area contributed by atoms with Gasteiger partial charge in [0.2, 0.25) is 5.76 Å². The zero-order valence-corrected chi connectivity index (χ0v) is 14.3. The molecule has 2 heterocycles. The molecule has 6 nitrogen and oxygen atoms in total. The van der Waals surface area contributed by atoms with Crippen LogP contribution in [-0.4, -0.2) is 36.1 Å². The van der Waals surface area contributed by atoms with Crippen LogP contribution < -0.4 is 0 Å². The molecule has 0 radical (unpaired) electrons. The molecule has 1 N–H and O–H groups in total. The molecule has 0 atom stereocenters. The average Bonchev–Trinajstić information content (AvgIpc) is 3.10. The van der Waals surface area contributed by atoms with Gasteiger partial charge in [0, 0.05) is 18.0 Å². The number of carbonyl (C=O) groups excluding carboxylic acids is 2. The molecule has 1 aromatic carbocycles. The second-order valence-corrected chi connectivity index (χ2v) is 5.36. The zero-order chi connectivity index (χ0) is 18.5. The van der Waals surface area contributed by atoms with Gasteiger partial charge in [0.1, 0.15) is 0 Å². The van der Waals surface area contributed by atoms with Crippen LogP contribution in [0.15, 0.2) is 54.9 Å². The fourth-order valence-corrected chi connectivity index (χ4v) is 2.78. The second-order valence-electron chi connectivity index (χ2n) is 5.36. The number of pyridine rings is 1. The van der Waals surface area contributed by atoms with Crippen molar-refractivity contribution in [1.82, 2.24) is 9.97 Å². The highest BCUT2D eigenvalue weighted by molar-refractivity contribution is 6.07. The Balaban J connectivity index is 2.40. The minimum atomic E-state index is -0.588. The van der Waals surface area contributed by atoms with E-state index in [-0.39, 0.29) is 11.3 Å². The lowest BCUT2D eigenvalue weighted by molar-refractivity contribution is 0.0601. The summed E-state index contributed by atoms with van der Waals surface area (Å²) in [6.45, 7) is 0. The number of nitrogens with one attached hydrogen (secondary N) is 1. The van der Waals surface area contributed by atoms with Gasteiger partial charge in [-0.15, -0.1) is 0 Å². The number of methoxy groups -OCH3 is 2. The van der Waals surface area contributed by atoms with Crippen molar-refractivity contribution in [3.8, 4) is 22.5 Å². The molecular weight excluding hydrogens is 332 g/mol. The third-order valence-electron chi connectivity index (χ3n) is 3.93.